The smallest absolute Gasteiger partial charge is 0.220 e. The quantitative estimate of drug-likeness (QED) is 0.142. The van der Waals surface area contributed by atoms with E-state index in [0.717, 1.165) is 90.5 Å². The fraction of sp³-hybridized carbons (Fsp3) is 0.913. The zero-order valence-corrected chi connectivity index (χ0v) is 22.1. The molecular weight excluding hydrogens is 505 g/mol. The number of carbonyl (C=O) groups is 1. The van der Waals surface area contributed by atoms with E-state index in [0.29, 0.717) is 5.41 Å². The Morgan fingerprint density at radius 1 is 1.16 bits per heavy atom. The van der Waals surface area contributed by atoms with E-state index in [1.807, 2.05) is 0 Å². The largest absolute Gasteiger partial charge is 0.382 e. The predicted molar refractivity (Wildman–Crippen MR) is 139 cm³/mol. The molecule has 4 N–H and O–H groups in total. The molecule has 0 aromatic heterocycles. The molecule has 0 aromatic carbocycles. The lowest BCUT2D eigenvalue weighted by Gasteiger charge is -2.30. The van der Waals surface area contributed by atoms with Crippen LogP contribution in [0.3, 0.4) is 0 Å². The van der Waals surface area contributed by atoms with Gasteiger partial charge < -0.3 is 26.0 Å². The van der Waals surface area contributed by atoms with Gasteiger partial charge in [0.1, 0.15) is 0 Å². The Labute approximate surface area is 206 Å². The molecule has 0 bridgehead atoms. The summed E-state index contributed by atoms with van der Waals surface area (Å²) in [5.74, 6) is 0.896. The van der Waals surface area contributed by atoms with Gasteiger partial charge in [-0.3, -0.25) is 9.79 Å². The average Bonchev–Trinajstić information content (AvgIpc) is 3.21. The normalized spacial score (nSPS) is 19.7. The number of aliphatic imine (C=N–C) groups is 1. The Kier molecular flexibility index (Phi) is 14.7. The molecule has 0 unspecified atom stereocenters. The van der Waals surface area contributed by atoms with Crippen LogP contribution in [-0.4, -0.2) is 69.2 Å². The number of rotatable bonds is 13. The molecule has 182 valence electrons. The van der Waals surface area contributed by atoms with Gasteiger partial charge in [0.25, 0.3) is 0 Å². The number of amides is 1. The second-order valence-corrected chi connectivity index (χ2v) is 9.00. The molecule has 7 nitrogen and oxygen atoms in total. The zero-order valence-electron chi connectivity index (χ0n) is 19.8. The van der Waals surface area contributed by atoms with Gasteiger partial charge in [-0.15, -0.1) is 24.0 Å². The maximum Gasteiger partial charge on any atom is 0.220 e. The minimum atomic E-state index is -0.133. The number of halogens is 1. The Morgan fingerprint density at radius 3 is 2.48 bits per heavy atom. The monoisotopic (exact) mass is 551 g/mol. The number of nitrogens with zero attached hydrogens (tertiary/aromatic N) is 2. The second-order valence-electron chi connectivity index (χ2n) is 9.00. The third-order valence-corrected chi connectivity index (χ3v) is 6.75. The first-order valence-electron chi connectivity index (χ1n) is 12.2. The van der Waals surface area contributed by atoms with Crippen molar-refractivity contribution in [3.05, 3.63) is 0 Å². The summed E-state index contributed by atoms with van der Waals surface area (Å²) in [6.45, 7) is 11.6. The van der Waals surface area contributed by atoms with Crippen molar-refractivity contribution >= 4 is 35.8 Å². The van der Waals surface area contributed by atoms with Crippen molar-refractivity contribution in [2.45, 2.75) is 71.6 Å². The number of nitrogens with one attached hydrogen (secondary N) is 2. The van der Waals surface area contributed by atoms with Crippen molar-refractivity contribution in [3.8, 4) is 0 Å². The lowest BCUT2D eigenvalue weighted by Crippen LogP contribution is -2.40. The standard InChI is InChI=1S/C23H45N5O2.HI/c1-3-25-22(27-19-23(11-5-6-12-23)13-18-30-4-2)26-14-7-8-15-28-16-9-20(10-17-28)21(24)29;/h20H,3-19H2,1-2H3,(H2,24,29)(H2,25,26,27);1H. The number of guanidine groups is 1. The fourth-order valence-electron chi connectivity index (χ4n) is 4.74. The maximum atomic E-state index is 11.3. The van der Waals surface area contributed by atoms with E-state index >= 15 is 0 Å². The third-order valence-electron chi connectivity index (χ3n) is 6.75. The van der Waals surface area contributed by atoms with Crippen LogP contribution in [0.2, 0.25) is 0 Å². The summed E-state index contributed by atoms with van der Waals surface area (Å²) in [6.07, 6.45) is 10.4. The maximum absolute atomic E-state index is 11.3. The molecule has 2 aliphatic rings. The van der Waals surface area contributed by atoms with Crippen molar-refractivity contribution in [2.75, 3.05) is 52.5 Å². The lowest BCUT2D eigenvalue weighted by atomic mass is 9.83. The summed E-state index contributed by atoms with van der Waals surface area (Å²) in [4.78, 5) is 18.7. The molecule has 1 saturated carbocycles. The minimum Gasteiger partial charge on any atom is -0.382 e. The second kappa shape index (κ2) is 16.1. The van der Waals surface area contributed by atoms with Crippen LogP contribution in [0.5, 0.6) is 0 Å². The van der Waals surface area contributed by atoms with Gasteiger partial charge in [-0.2, -0.15) is 0 Å². The zero-order chi connectivity index (χ0) is 21.7. The van der Waals surface area contributed by atoms with E-state index in [2.05, 4.69) is 29.4 Å². The Hall–Kier alpha value is -0.610. The van der Waals surface area contributed by atoms with Gasteiger partial charge in [0.2, 0.25) is 5.91 Å². The van der Waals surface area contributed by atoms with Crippen molar-refractivity contribution < 1.29 is 9.53 Å². The predicted octanol–water partition coefficient (Wildman–Crippen LogP) is 3.12. The van der Waals surface area contributed by atoms with E-state index in [1.54, 1.807) is 0 Å². The Balaban J connectivity index is 0.00000480. The highest BCUT2D eigenvalue weighted by Gasteiger charge is 2.33. The Morgan fingerprint density at radius 2 is 1.87 bits per heavy atom. The third kappa shape index (κ3) is 10.7. The molecule has 0 radical (unpaired) electrons. The molecule has 0 atom stereocenters. The number of piperidine rings is 1. The van der Waals surface area contributed by atoms with Gasteiger partial charge in [-0.25, -0.2) is 0 Å². The van der Waals surface area contributed by atoms with Crippen LogP contribution in [0.15, 0.2) is 4.99 Å². The van der Waals surface area contributed by atoms with Crippen molar-refractivity contribution in [1.29, 1.82) is 0 Å². The van der Waals surface area contributed by atoms with E-state index in [9.17, 15) is 4.79 Å². The molecule has 1 aliphatic carbocycles. The van der Waals surface area contributed by atoms with Crippen LogP contribution in [0.1, 0.15) is 71.6 Å². The summed E-state index contributed by atoms with van der Waals surface area (Å²) < 4.78 is 5.63. The highest BCUT2D eigenvalue weighted by Crippen LogP contribution is 2.41. The van der Waals surface area contributed by atoms with Crippen LogP contribution >= 0.6 is 24.0 Å². The first-order valence-corrected chi connectivity index (χ1v) is 12.2. The van der Waals surface area contributed by atoms with Gasteiger partial charge in [0.05, 0.1) is 0 Å². The van der Waals surface area contributed by atoms with Crippen molar-refractivity contribution in [1.82, 2.24) is 15.5 Å². The summed E-state index contributed by atoms with van der Waals surface area (Å²) in [7, 11) is 0. The van der Waals surface area contributed by atoms with E-state index in [-0.39, 0.29) is 35.8 Å². The van der Waals surface area contributed by atoms with E-state index < -0.39 is 0 Å². The highest BCUT2D eigenvalue weighted by molar-refractivity contribution is 14.0. The van der Waals surface area contributed by atoms with Crippen LogP contribution in [0.4, 0.5) is 0 Å². The molecule has 2 rings (SSSR count). The molecular formula is C23H46IN5O2. The molecule has 1 aliphatic heterocycles. The van der Waals surface area contributed by atoms with E-state index in [1.165, 1.54) is 25.7 Å². The fourth-order valence-corrected chi connectivity index (χ4v) is 4.74. The molecule has 1 saturated heterocycles. The molecule has 2 fully saturated rings. The van der Waals surface area contributed by atoms with Crippen LogP contribution in [0, 0.1) is 11.3 Å². The lowest BCUT2D eigenvalue weighted by molar-refractivity contribution is -0.123. The molecule has 31 heavy (non-hydrogen) atoms. The summed E-state index contributed by atoms with van der Waals surface area (Å²) >= 11 is 0. The summed E-state index contributed by atoms with van der Waals surface area (Å²) in [5, 5.41) is 6.92. The van der Waals surface area contributed by atoms with Crippen molar-refractivity contribution in [2.24, 2.45) is 22.1 Å². The number of ether oxygens (including phenoxy) is 1. The topological polar surface area (TPSA) is 92.0 Å². The number of hydrogen-bond acceptors (Lipinski definition) is 4. The van der Waals surface area contributed by atoms with Gasteiger partial charge in [0.15, 0.2) is 5.96 Å². The number of unbranched alkanes of at least 4 members (excludes halogenated alkanes) is 1. The first kappa shape index (κ1) is 28.4. The van der Waals surface area contributed by atoms with E-state index in [4.69, 9.17) is 15.5 Å². The van der Waals surface area contributed by atoms with Gasteiger partial charge in [-0.1, -0.05) is 12.8 Å². The number of likely N-dealkylation sites (tertiary alicyclic amines) is 1. The van der Waals surface area contributed by atoms with Crippen LogP contribution < -0.4 is 16.4 Å². The number of primary amides is 1. The number of hydrogen-bond donors (Lipinski definition) is 3. The van der Waals surface area contributed by atoms with Gasteiger partial charge >= 0.3 is 0 Å². The first-order chi connectivity index (χ1) is 14.6. The average molecular weight is 552 g/mol. The molecule has 0 spiro atoms. The molecule has 8 heteroatoms. The van der Waals surface area contributed by atoms with Crippen LogP contribution in [-0.2, 0) is 9.53 Å². The Bertz CT molecular complexity index is 518. The summed E-state index contributed by atoms with van der Waals surface area (Å²) in [6, 6.07) is 0. The van der Waals surface area contributed by atoms with Crippen LogP contribution in [0.25, 0.3) is 0 Å². The molecule has 1 amide bonds. The van der Waals surface area contributed by atoms with Gasteiger partial charge in [-0.05, 0) is 83.8 Å². The van der Waals surface area contributed by atoms with Gasteiger partial charge in [0, 0.05) is 38.8 Å². The number of carbonyl (C=O) groups excluding carboxylic acids is 1. The molecule has 0 aromatic rings. The highest BCUT2D eigenvalue weighted by atomic mass is 127. The minimum absolute atomic E-state index is 0. The van der Waals surface area contributed by atoms with Crippen molar-refractivity contribution in [3.63, 3.8) is 0 Å². The number of nitrogens with two attached hydrogens (primary N) is 1. The SMILES string of the molecule is CCNC(=NCC1(CCOCC)CCCC1)NCCCCN1CCC(C(N)=O)CC1.I. The molecule has 1 heterocycles. The summed E-state index contributed by atoms with van der Waals surface area (Å²) in [5.41, 5.74) is 5.75.